The molecule has 0 aliphatic heterocycles. The Labute approximate surface area is 159 Å². The normalized spacial score (nSPS) is 11.0. The van der Waals surface area contributed by atoms with Crippen LogP contribution in [0.1, 0.15) is 10.7 Å². The second kappa shape index (κ2) is 7.39. The van der Waals surface area contributed by atoms with E-state index in [4.69, 9.17) is 9.72 Å². The molecular weight excluding hydrogens is 364 g/mol. The van der Waals surface area contributed by atoms with Gasteiger partial charge in [0.25, 0.3) is 0 Å². The lowest BCUT2D eigenvalue weighted by molar-refractivity contribution is 0.415. The average molecular weight is 380 g/mol. The fourth-order valence-corrected chi connectivity index (χ4v) is 4.43. The van der Waals surface area contributed by atoms with Crippen LogP contribution in [-0.2, 0) is 5.75 Å². The molecule has 1 aromatic carbocycles. The molecule has 5 nitrogen and oxygen atoms in total. The highest BCUT2D eigenvalue weighted by molar-refractivity contribution is 7.98. The van der Waals surface area contributed by atoms with Gasteiger partial charge in [-0.3, -0.25) is 4.98 Å². The number of thioether (sulfide) groups is 1. The molecule has 0 spiro atoms. The van der Waals surface area contributed by atoms with E-state index in [2.05, 4.69) is 15.2 Å². The molecule has 0 aliphatic rings. The lowest BCUT2D eigenvalue weighted by atomic mass is 10.1. The molecule has 0 saturated heterocycles. The van der Waals surface area contributed by atoms with Gasteiger partial charge in [0.1, 0.15) is 22.0 Å². The summed E-state index contributed by atoms with van der Waals surface area (Å²) in [5.41, 5.74) is 3.73. The third-order valence-electron chi connectivity index (χ3n) is 3.82. The van der Waals surface area contributed by atoms with Crippen molar-refractivity contribution in [3.63, 3.8) is 0 Å². The molecule has 0 unspecified atom stereocenters. The van der Waals surface area contributed by atoms with Gasteiger partial charge in [0.2, 0.25) is 0 Å². The standard InChI is InChI=1S/C19H16N4OS2/c1-12-21-17-18(26-12)16(13-6-5-8-15(10-13)24-2)22-23-19(17)25-11-14-7-3-4-9-20-14/h3-10H,11H2,1-2H3. The quantitative estimate of drug-likeness (QED) is 0.465. The Morgan fingerprint density at radius 1 is 1.12 bits per heavy atom. The van der Waals surface area contributed by atoms with Crippen molar-refractivity contribution in [2.45, 2.75) is 17.7 Å². The Bertz CT molecular complexity index is 1050. The smallest absolute Gasteiger partial charge is 0.146 e. The van der Waals surface area contributed by atoms with E-state index in [1.165, 1.54) is 0 Å². The van der Waals surface area contributed by atoms with Gasteiger partial charge in [0.15, 0.2) is 0 Å². The van der Waals surface area contributed by atoms with Crippen LogP contribution in [0.2, 0.25) is 0 Å². The number of hydrogen-bond donors (Lipinski definition) is 0. The van der Waals surface area contributed by atoms with Gasteiger partial charge in [-0.05, 0) is 31.2 Å². The summed E-state index contributed by atoms with van der Waals surface area (Å²) in [6.07, 6.45) is 1.80. The van der Waals surface area contributed by atoms with Crippen molar-refractivity contribution >= 4 is 33.3 Å². The van der Waals surface area contributed by atoms with Crippen molar-refractivity contribution in [2.24, 2.45) is 0 Å². The van der Waals surface area contributed by atoms with Crippen molar-refractivity contribution < 1.29 is 4.74 Å². The van der Waals surface area contributed by atoms with Gasteiger partial charge in [-0.2, -0.15) is 0 Å². The molecule has 26 heavy (non-hydrogen) atoms. The van der Waals surface area contributed by atoms with E-state index < -0.39 is 0 Å². The average Bonchev–Trinajstić information content (AvgIpc) is 3.08. The molecule has 0 saturated carbocycles. The molecule has 0 aliphatic carbocycles. The van der Waals surface area contributed by atoms with Crippen LogP contribution >= 0.6 is 23.1 Å². The minimum absolute atomic E-state index is 0.736. The molecule has 0 radical (unpaired) electrons. The third-order valence-corrected chi connectivity index (χ3v) is 5.78. The van der Waals surface area contributed by atoms with Gasteiger partial charge in [-0.1, -0.05) is 30.0 Å². The molecule has 0 N–H and O–H groups in total. The Balaban J connectivity index is 1.73. The monoisotopic (exact) mass is 380 g/mol. The van der Waals surface area contributed by atoms with Crippen molar-refractivity contribution in [3.8, 4) is 17.0 Å². The number of pyridine rings is 1. The maximum atomic E-state index is 5.33. The first-order valence-corrected chi connectivity index (χ1v) is 9.86. The summed E-state index contributed by atoms with van der Waals surface area (Å²) in [6.45, 7) is 2.01. The first-order valence-electron chi connectivity index (χ1n) is 8.05. The summed E-state index contributed by atoms with van der Waals surface area (Å²) in [5.74, 6) is 1.53. The fraction of sp³-hybridized carbons (Fsp3) is 0.158. The molecular formula is C19H16N4OS2. The van der Waals surface area contributed by atoms with Gasteiger partial charge < -0.3 is 4.74 Å². The number of aromatic nitrogens is 4. The van der Waals surface area contributed by atoms with Crippen LogP contribution in [0.15, 0.2) is 53.7 Å². The zero-order valence-electron chi connectivity index (χ0n) is 14.3. The number of ether oxygens (including phenoxy) is 1. The van der Waals surface area contributed by atoms with Crippen molar-refractivity contribution in [2.75, 3.05) is 7.11 Å². The van der Waals surface area contributed by atoms with Crippen LogP contribution in [-0.4, -0.2) is 27.3 Å². The number of hydrogen-bond acceptors (Lipinski definition) is 7. The van der Waals surface area contributed by atoms with Gasteiger partial charge in [-0.15, -0.1) is 21.5 Å². The number of aryl methyl sites for hydroxylation is 1. The van der Waals surface area contributed by atoms with Crippen molar-refractivity contribution in [1.29, 1.82) is 0 Å². The molecule has 4 aromatic rings. The Morgan fingerprint density at radius 2 is 2.04 bits per heavy atom. The zero-order chi connectivity index (χ0) is 17.9. The van der Waals surface area contributed by atoms with Gasteiger partial charge >= 0.3 is 0 Å². The van der Waals surface area contributed by atoms with E-state index in [-0.39, 0.29) is 0 Å². The molecule has 3 aromatic heterocycles. The minimum Gasteiger partial charge on any atom is -0.497 e. The van der Waals surface area contributed by atoms with E-state index in [1.54, 1.807) is 36.4 Å². The third kappa shape index (κ3) is 3.40. The lowest BCUT2D eigenvalue weighted by Crippen LogP contribution is -1.94. The van der Waals surface area contributed by atoms with Crippen LogP contribution in [0.4, 0.5) is 0 Å². The molecule has 3 heterocycles. The number of thiazole rings is 1. The highest BCUT2D eigenvalue weighted by Crippen LogP contribution is 2.36. The Kier molecular flexibility index (Phi) is 4.81. The van der Waals surface area contributed by atoms with Crippen LogP contribution in [0.5, 0.6) is 5.75 Å². The van der Waals surface area contributed by atoms with E-state index >= 15 is 0 Å². The number of benzene rings is 1. The molecule has 130 valence electrons. The van der Waals surface area contributed by atoms with Crippen LogP contribution in [0, 0.1) is 6.92 Å². The molecule has 0 bridgehead atoms. The SMILES string of the molecule is COc1cccc(-c2nnc(SCc3ccccn3)c3nc(C)sc23)c1. The highest BCUT2D eigenvalue weighted by Gasteiger charge is 2.16. The predicted molar refractivity (Wildman–Crippen MR) is 106 cm³/mol. The van der Waals surface area contributed by atoms with Crippen LogP contribution in [0.25, 0.3) is 21.5 Å². The largest absolute Gasteiger partial charge is 0.497 e. The molecule has 4 rings (SSSR count). The van der Waals surface area contributed by atoms with E-state index in [1.807, 2.05) is 49.4 Å². The summed E-state index contributed by atoms with van der Waals surface area (Å²) in [5, 5.41) is 10.8. The first-order chi connectivity index (χ1) is 12.7. The number of rotatable bonds is 5. The van der Waals surface area contributed by atoms with Crippen LogP contribution in [0.3, 0.4) is 0 Å². The maximum Gasteiger partial charge on any atom is 0.146 e. The van der Waals surface area contributed by atoms with Crippen molar-refractivity contribution in [1.82, 2.24) is 20.2 Å². The second-order valence-electron chi connectivity index (χ2n) is 5.61. The van der Waals surface area contributed by atoms with Crippen LogP contribution < -0.4 is 4.74 Å². The van der Waals surface area contributed by atoms with Gasteiger partial charge in [0, 0.05) is 17.5 Å². The summed E-state index contributed by atoms with van der Waals surface area (Å²) in [7, 11) is 1.66. The summed E-state index contributed by atoms with van der Waals surface area (Å²) in [6, 6.07) is 13.8. The van der Waals surface area contributed by atoms with Gasteiger partial charge in [-0.25, -0.2) is 4.98 Å². The Hall–Kier alpha value is -2.51. The minimum atomic E-state index is 0.736. The second-order valence-corrected chi connectivity index (χ2v) is 7.77. The number of nitrogens with zero attached hydrogens (tertiary/aromatic N) is 4. The zero-order valence-corrected chi connectivity index (χ0v) is 16.0. The lowest BCUT2D eigenvalue weighted by Gasteiger charge is -2.06. The topological polar surface area (TPSA) is 60.8 Å². The molecule has 0 fully saturated rings. The summed E-state index contributed by atoms with van der Waals surface area (Å²) in [4.78, 5) is 9.06. The van der Waals surface area contributed by atoms with Gasteiger partial charge in [0.05, 0.1) is 22.5 Å². The highest BCUT2D eigenvalue weighted by atomic mass is 32.2. The Morgan fingerprint density at radius 3 is 2.85 bits per heavy atom. The number of fused-ring (bicyclic) bond motifs is 1. The first kappa shape index (κ1) is 16.9. The van der Waals surface area contributed by atoms with E-state index in [0.29, 0.717) is 0 Å². The van der Waals surface area contributed by atoms with E-state index in [9.17, 15) is 0 Å². The number of methoxy groups -OCH3 is 1. The predicted octanol–water partition coefficient (Wildman–Crippen LogP) is 4.76. The summed E-state index contributed by atoms with van der Waals surface area (Å²) < 4.78 is 6.38. The summed E-state index contributed by atoms with van der Waals surface area (Å²) >= 11 is 3.25. The van der Waals surface area contributed by atoms with Crippen molar-refractivity contribution in [3.05, 3.63) is 59.4 Å². The van der Waals surface area contributed by atoms with E-state index in [0.717, 1.165) is 48.7 Å². The molecule has 7 heteroatoms. The molecule has 0 amide bonds. The molecule has 0 atom stereocenters. The fourth-order valence-electron chi connectivity index (χ4n) is 2.60. The maximum absolute atomic E-state index is 5.33.